The lowest BCUT2D eigenvalue weighted by Gasteiger charge is -2.10. The van der Waals surface area contributed by atoms with Crippen LogP contribution >= 0.6 is 0 Å². The molecular weight excluding hydrogens is 386 g/mol. The number of hydrogen-bond acceptors (Lipinski definition) is 4. The molecule has 142 valence electrons. The van der Waals surface area contributed by atoms with E-state index in [-0.39, 0.29) is 5.56 Å². The molecule has 0 radical (unpaired) electrons. The summed E-state index contributed by atoms with van der Waals surface area (Å²) in [7, 11) is -3.95. The number of nitrogens with zero attached hydrogens (tertiary/aromatic N) is 3. The van der Waals surface area contributed by atoms with Gasteiger partial charge in [-0.1, -0.05) is 12.1 Å². The Morgan fingerprint density at radius 2 is 1.93 bits per heavy atom. The maximum atomic E-state index is 13.8. The highest BCUT2D eigenvalue weighted by Crippen LogP contribution is 2.23. The Labute approximate surface area is 159 Å². The Balaban J connectivity index is 1.59. The van der Waals surface area contributed by atoms with E-state index in [0.717, 1.165) is 18.2 Å². The Hall–Kier alpha value is -3.33. The monoisotopic (exact) mass is 400 g/mol. The first-order chi connectivity index (χ1) is 13.4. The second-order valence-electron chi connectivity index (χ2n) is 6.13. The zero-order valence-electron chi connectivity index (χ0n) is 14.4. The number of anilines is 1. The number of fused-ring (bicyclic) bond motifs is 1. The smallest absolute Gasteiger partial charge is 0.237 e. The fraction of sp³-hybridized carbons (Fsp3) is 0.0526. The van der Waals surface area contributed by atoms with Crippen molar-refractivity contribution >= 4 is 21.5 Å². The number of nitrogens with one attached hydrogen (secondary N) is 1. The van der Waals surface area contributed by atoms with E-state index < -0.39 is 27.4 Å². The highest BCUT2D eigenvalue weighted by molar-refractivity contribution is 7.91. The second kappa shape index (κ2) is 7.01. The van der Waals surface area contributed by atoms with E-state index in [1.54, 1.807) is 53.3 Å². The summed E-state index contributed by atoms with van der Waals surface area (Å²) in [6.45, 7) is 0. The van der Waals surface area contributed by atoms with E-state index in [9.17, 15) is 17.2 Å². The number of aromatic nitrogens is 3. The molecule has 0 bridgehead atoms. The van der Waals surface area contributed by atoms with Gasteiger partial charge in [0.1, 0.15) is 11.6 Å². The van der Waals surface area contributed by atoms with Crippen LogP contribution in [0.4, 0.5) is 14.5 Å². The molecule has 0 saturated heterocycles. The van der Waals surface area contributed by atoms with Crippen molar-refractivity contribution in [3.05, 3.63) is 84.3 Å². The van der Waals surface area contributed by atoms with Crippen molar-refractivity contribution in [2.24, 2.45) is 0 Å². The van der Waals surface area contributed by atoms with Crippen LogP contribution < -0.4 is 4.72 Å². The molecule has 9 heteroatoms. The van der Waals surface area contributed by atoms with Crippen molar-refractivity contribution in [2.75, 3.05) is 4.72 Å². The average Bonchev–Trinajstić information content (AvgIpc) is 3.08. The molecule has 0 saturated carbocycles. The third-order valence-electron chi connectivity index (χ3n) is 4.02. The number of rotatable bonds is 5. The SMILES string of the molecule is O=S(=O)(Cc1cc(F)ccc1F)Nc1cccc(-c2cn3cccnc3n2)c1. The van der Waals surface area contributed by atoms with Crippen LogP contribution in [-0.4, -0.2) is 22.8 Å². The molecule has 2 aromatic heterocycles. The van der Waals surface area contributed by atoms with Crippen LogP contribution in [0.2, 0.25) is 0 Å². The predicted octanol–water partition coefficient (Wildman–Crippen LogP) is 3.62. The Kier molecular flexibility index (Phi) is 4.52. The normalized spacial score (nSPS) is 11.6. The number of hydrogen-bond donors (Lipinski definition) is 1. The van der Waals surface area contributed by atoms with Crippen LogP contribution in [-0.2, 0) is 15.8 Å². The van der Waals surface area contributed by atoms with Crippen molar-refractivity contribution in [3.8, 4) is 11.3 Å². The fourth-order valence-corrected chi connectivity index (χ4v) is 3.97. The molecule has 0 atom stereocenters. The van der Waals surface area contributed by atoms with E-state index >= 15 is 0 Å². The van der Waals surface area contributed by atoms with Crippen molar-refractivity contribution in [3.63, 3.8) is 0 Å². The zero-order chi connectivity index (χ0) is 19.7. The lowest BCUT2D eigenvalue weighted by molar-refractivity contribution is 0.581. The molecular formula is C19H14F2N4O2S. The van der Waals surface area contributed by atoms with Gasteiger partial charge < -0.3 is 0 Å². The molecule has 2 heterocycles. The molecule has 4 rings (SSSR count). The summed E-state index contributed by atoms with van der Waals surface area (Å²) >= 11 is 0. The standard InChI is InChI=1S/C19H14F2N4O2S/c20-15-5-6-17(21)14(9-15)12-28(26,27)24-16-4-1-3-13(10-16)18-11-25-8-2-7-22-19(25)23-18/h1-11,24H,12H2. The first-order valence-corrected chi connectivity index (χ1v) is 9.89. The Bertz CT molecular complexity index is 1240. The van der Waals surface area contributed by atoms with Gasteiger partial charge in [-0.3, -0.25) is 9.12 Å². The van der Waals surface area contributed by atoms with E-state index in [1.165, 1.54) is 0 Å². The van der Waals surface area contributed by atoms with Gasteiger partial charge in [-0.05, 0) is 36.4 Å². The Morgan fingerprint density at radius 1 is 1.07 bits per heavy atom. The molecule has 0 unspecified atom stereocenters. The van der Waals surface area contributed by atoms with Crippen LogP contribution in [0.5, 0.6) is 0 Å². The van der Waals surface area contributed by atoms with Crippen molar-refractivity contribution in [2.45, 2.75) is 5.75 Å². The Morgan fingerprint density at radius 3 is 2.75 bits per heavy atom. The second-order valence-corrected chi connectivity index (χ2v) is 7.85. The maximum absolute atomic E-state index is 13.8. The molecule has 1 N–H and O–H groups in total. The van der Waals surface area contributed by atoms with Gasteiger partial charge in [0.05, 0.1) is 11.4 Å². The number of benzene rings is 2. The van der Waals surface area contributed by atoms with E-state index in [1.807, 2.05) is 0 Å². The van der Waals surface area contributed by atoms with Gasteiger partial charge in [-0.15, -0.1) is 0 Å². The van der Waals surface area contributed by atoms with Crippen LogP contribution in [0.3, 0.4) is 0 Å². The minimum Gasteiger partial charge on any atom is -0.291 e. The van der Waals surface area contributed by atoms with Gasteiger partial charge in [0.15, 0.2) is 0 Å². The quantitative estimate of drug-likeness (QED) is 0.555. The molecule has 0 fully saturated rings. The van der Waals surface area contributed by atoms with Crippen LogP contribution in [0, 0.1) is 11.6 Å². The lowest BCUT2D eigenvalue weighted by atomic mass is 10.1. The maximum Gasteiger partial charge on any atom is 0.237 e. The van der Waals surface area contributed by atoms with Crippen LogP contribution in [0.15, 0.2) is 67.1 Å². The summed E-state index contributed by atoms with van der Waals surface area (Å²) in [5.41, 5.74) is 1.35. The van der Waals surface area contributed by atoms with Gasteiger partial charge >= 0.3 is 0 Å². The summed E-state index contributed by atoms with van der Waals surface area (Å²) in [4.78, 5) is 8.54. The third kappa shape index (κ3) is 3.84. The van der Waals surface area contributed by atoms with Gasteiger partial charge in [0, 0.05) is 35.4 Å². The molecule has 0 aliphatic heterocycles. The van der Waals surface area contributed by atoms with E-state index in [4.69, 9.17) is 0 Å². The summed E-state index contributed by atoms with van der Waals surface area (Å²) in [6, 6.07) is 11.1. The first-order valence-electron chi connectivity index (χ1n) is 8.24. The predicted molar refractivity (Wildman–Crippen MR) is 101 cm³/mol. The molecule has 0 amide bonds. The highest BCUT2D eigenvalue weighted by Gasteiger charge is 2.16. The number of halogens is 2. The molecule has 4 aromatic rings. The van der Waals surface area contributed by atoms with Crippen LogP contribution in [0.25, 0.3) is 17.0 Å². The molecule has 0 spiro atoms. The summed E-state index contributed by atoms with van der Waals surface area (Å²) in [5, 5.41) is 0. The topological polar surface area (TPSA) is 76.4 Å². The van der Waals surface area contributed by atoms with Crippen LogP contribution in [0.1, 0.15) is 5.56 Å². The van der Waals surface area contributed by atoms with Gasteiger partial charge in [-0.2, -0.15) is 0 Å². The minimum absolute atomic E-state index is 0.241. The third-order valence-corrected chi connectivity index (χ3v) is 5.26. The van der Waals surface area contributed by atoms with Crippen molar-refractivity contribution in [1.29, 1.82) is 0 Å². The molecule has 2 aromatic carbocycles. The molecule has 6 nitrogen and oxygen atoms in total. The number of imidazole rings is 1. The minimum atomic E-state index is -3.95. The van der Waals surface area contributed by atoms with E-state index in [0.29, 0.717) is 22.7 Å². The molecule has 28 heavy (non-hydrogen) atoms. The largest absolute Gasteiger partial charge is 0.291 e. The summed E-state index contributed by atoms with van der Waals surface area (Å²) in [5.74, 6) is -1.64. The van der Waals surface area contributed by atoms with Crippen molar-refractivity contribution < 1.29 is 17.2 Å². The highest BCUT2D eigenvalue weighted by atomic mass is 32.2. The zero-order valence-corrected chi connectivity index (χ0v) is 15.2. The van der Waals surface area contributed by atoms with Crippen molar-refractivity contribution in [1.82, 2.24) is 14.4 Å². The average molecular weight is 400 g/mol. The van der Waals surface area contributed by atoms with Gasteiger partial charge in [-0.25, -0.2) is 27.2 Å². The molecule has 0 aliphatic rings. The summed E-state index contributed by atoms with van der Waals surface area (Å²) in [6.07, 6.45) is 5.21. The van der Waals surface area contributed by atoms with Gasteiger partial charge in [0.2, 0.25) is 15.8 Å². The number of sulfonamides is 1. The fourth-order valence-electron chi connectivity index (χ4n) is 2.79. The summed E-state index contributed by atoms with van der Waals surface area (Å²) < 4.78 is 56.0. The van der Waals surface area contributed by atoms with Gasteiger partial charge in [0.25, 0.3) is 0 Å². The molecule has 0 aliphatic carbocycles. The van der Waals surface area contributed by atoms with E-state index in [2.05, 4.69) is 14.7 Å². The first kappa shape index (κ1) is 18.1. The lowest BCUT2D eigenvalue weighted by Crippen LogP contribution is -2.16.